The molecule has 0 fully saturated rings. The highest BCUT2D eigenvalue weighted by atomic mass is 16.6. The molecular formula is C13H7N3O6. The van der Waals surface area contributed by atoms with Crippen LogP contribution in [-0.4, -0.2) is 19.9 Å². The van der Waals surface area contributed by atoms with Crippen LogP contribution in [0.5, 0.6) is 5.75 Å². The second kappa shape index (κ2) is 4.81. The number of non-ortho nitro benzene ring substituents is 2. The van der Waals surface area contributed by atoms with Crippen molar-refractivity contribution in [3.8, 4) is 17.2 Å². The fraction of sp³-hybridized carbons (Fsp3) is 0. The summed E-state index contributed by atoms with van der Waals surface area (Å²) in [4.78, 5) is 24.2. The van der Waals surface area contributed by atoms with Crippen molar-refractivity contribution in [1.29, 1.82) is 0 Å². The maximum Gasteiger partial charge on any atom is 0.273 e. The van der Waals surface area contributed by atoms with Gasteiger partial charge in [0.2, 0.25) is 5.89 Å². The van der Waals surface area contributed by atoms with Crippen LogP contribution in [0.25, 0.3) is 22.6 Å². The summed E-state index contributed by atoms with van der Waals surface area (Å²) in [6.07, 6.45) is 0. The first-order valence-electron chi connectivity index (χ1n) is 5.98. The largest absolute Gasteiger partial charge is 0.507 e. The molecule has 3 rings (SSSR count). The summed E-state index contributed by atoms with van der Waals surface area (Å²) in [6, 6.07) is 7.38. The maximum atomic E-state index is 10.7. The van der Waals surface area contributed by atoms with Gasteiger partial charge in [0.05, 0.1) is 21.5 Å². The maximum absolute atomic E-state index is 10.7. The normalized spacial score (nSPS) is 10.7. The molecule has 1 N–H and O–H groups in total. The van der Waals surface area contributed by atoms with E-state index in [4.69, 9.17) is 4.42 Å². The van der Waals surface area contributed by atoms with E-state index in [0.717, 1.165) is 6.07 Å². The quantitative estimate of drug-likeness (QED) is 0.580. The van der Waals surface area contributed by atoms with Crippen molar-refractivity contribution in [3.63, 3.8) is 0 Å². The first-order valence-corrected chi connectivity index (χ1v) is 5.98. The van der Waals surface area contributed by atoms with E-state index in [1.807, 2.05) is 0 Å². The molecule has 22 heavy (non-hydrogen) atoms. The van der Waals surface area contributed by atoms with Crippen LogP contribution in [0.1, 0.15) is 0 Å². The Kier molecular flexibility index (Phi) is 2.95. The molecule has 0 saturated carbocycles. The third kappa shape index (κ3) is 2.20. The van der Waals surface area contributed by atoms with Crippen molar-refractivity contribution in [3.05, 3.63) is 56.6 Å². The number of oxazole rings is 1. The number of nitro groups is 2. The Morgan fingerprint density at radius 3 is 2.27 bits per heavy atom. The summed E-state index contributed by atoms with van der Waals surface area (Å²) in [5.41, 5.74) is 0.304. The molecular weight excluding hydrogens is 294 g/mol. The van der Waals surface area contributed by atoms with E-state index in [-0.39, 0.29) is 34.1 Å². The number of hydrogen-bond acceptors (Lipinski definition) is 7. The highest BCUT2D eigenvalue weighted by molar-refractivity contribution is 5.79. The van der Waals surface area contributed by atoms with Gasteiger partial charge in [-0.1, -0.05) is 0 Å². The van der Waals surface area contributed by atoms with E-state index in [1.54, 1.807) is 0 Å². The summed E-state index contributed by atoms with van der Waals surface area (Å²) in [7, 11) is 0. The minimum absolute atomic E-state index is 0.0166. The van der Waals surface area contributed by atoms with Crippen molar-refractivity contribution >= 4 is 22.5 Å². The summed E-state index contributed by atoms with van der Waals surface area (Å²) < 4.78 is 5.41. The van der Waals surface area contributed by atoms with Crippen LogP contribution in [0.15, 0.2) is 40.8 Å². The van der Waals surface area contributed by atoms with Crippen LogP contribution in [0, 0.1) is 20.2 Å². The van der Waals surface area contributed by atoms with Gasteiger partial charge >= 0.3 is 0 Å². The van der Waals surface area contributed by atoms with Gasteiger partial charge < -0.3 is 9.52 Å². The first kappa shape index (κ1) is 13.5. The number of aromatic hydroxyl groups is 1. The van der Waals surface area contributed by atoms with Gasteiger partial charge in [0.25, 0.3) is 11.4 Å². The lowest BCUT2D eigenvalue weighted by Gasteiger charge is -1.99. The summed E-state index contributed by atoms with van der Waals surface area (Å²) in [5, 5.41) is 31.2. The van der Waals surface area contributed by atoms with Gasteiger partial charge in [0.15, 0.2) is 5.58 Å². The number of nitro benzene ring substituents is 2. The Labute approximate surface area is 121 Å². The van der Waals surface area contributed by atoms with Gasteiger partial charge in [-0.15, -0.1) is 0 Å². The molecule has 0 bridgehead atoms. The Bertz CT molecular complexity index is 917. The monoisotopic (exact) mass is 301 g/mol. The number of phenolic OH excluding ortho intramolecular Hbond substituents is 1. The van der Waals surface area contributed by atoms with E-state index < -0.39 is 9.85 Å². The Morgan fingerprint density at radius 1 is 1.00 bits per heavy atom. The molecule has 3 aromatic rings. The molecule has 2 aromatic carbocycles. The van der Waals surface area contributed by atoms with E-state index in [2.05, 4.69) is 4.98 Å². The topological polar surface area (TPSA) is 133 Å². The number of phenols is 1. The zero-order chi connectivity index (χ0) is 15.9. The van der Waals surface area contributed by atoms with E-state index in [0.29, 0.717) is 5.58 Å². The molecule has 9 nitrogen and oxygen atoms in total. The SMILES string of the molecule is O=[N+]([O-])c1ccc(-c2nc3cc([N+](=O)[O-])ccc3o2)c(O)c1. The van der Waals surface area contributed by atoms with E-state index >= 15 is 0 Å². The smallest absolute Gasteiger partial charge is 0.273 e. The first-order chi connectivity index (χ1) is 10.5. The lowest BCUT2D eigenvalue weighted by Crippen LogP contribution is -1.88. The number of hydrogen-bond donors (Lipinski definition) is 1. The van der Waals surface area contributed by atoms with Gasteiger partial charge in [0, 0.05) is 18.2 Å². The predicted octanol–water partition coefficient (Wildman–Crippen LogP) is 3.02. The Balaban J connectivity index is 2.10. The zero-order valence-corrected chi connectivity index (χ0v) is 10.8. The molecule has 9 heteroatoms. The second-order valence-corrected chi connectivity index (χ2v) is 4.39. The summed E-state index contributed by atoms with van der Waals surface area (Å²) in [6.45, 7) is 0. The van der Waals surface area contributed by atoms with E-state index in [1.165, 1.54) is 30.3 Å². The second-order valence-electron chi connectivity index (χ2n) is 4.39. The van der Waals surface area contributed by atoms with E-state index in [9.17, 15) is 25.3 Å². The minimum atomic E-state index is -0.640. The van der Waals surface area contributed by atoms with Crippen molar-refractivity contribution in [2.24, 2.45) is 0 Å². The van der Waals surface area contributed by atoms with Gasteiger partial charge in [-0.25, -0.2) is 4.98 Å². The number of rotatable bonds is 3. The zero-order valence-electron chi connectivity index (χ0n) is 10.8. The molecule has 0 radical (unpaired) electrons. The molecule has 1 aromatic heterocycles. The van der Waals surface area contributed by atoms with Gasteiger partial charge in [0.1, 0.15) is 11.3 Å². The molecule has 0 aliphatic carbocycles. The fourth-order valence-electron chi connectivity index (χ4n) is 1.96. The molecule has 1 heterocycles. The highest BCUT2D eigenvalue weighted by Crippen LogP contribution is 2.34. The lowest BCUT2D eigenvalue weighted by molar-refractivity contribution is -0.385. The molecule has 0 unspecified atom stereocenters. The number of fused-ring (bicyclic) bond motifs is 1. The van der Waals surface area contributed by atoms with Gasteiger partial charge in [-0.2, -0.15) is 0 Å². The average molecular weight is 301 g/mol. The van der Waals surface area contributed by atoms with Crippen LogP contribution in [0.3, 0.4) is 0 Å². The molecule has 0 saturated heterocycles. The molecule has 0 atom stereocenters. The highest BCUT2D eigenvalue weighted by Gasteiger charge is 2.17. The number of aromatic nitrogens is 1. The molecule has 0 amide bonds. The molecule has 0 aliphatic rings. The third-order valence-electron chi connectivity index (χ3n) is 3.00. The number of nitrogens with zero attached hydrogens (tertiary/aromatic N) is 3. The molecule has 0 spiro atoms. The standard InChI is InChI=1S/C13H7N3O6/c17-11-6-8(16(20)21)1-3-9(11)13-14-10-5-7(15(18)19)2-4-12(10)22-13/h1-6,17H. The van der Waals surface area contributed by atoms with Crippen LogP contribution in [0.4, 0.5) is 11.4 Å². The van der Waals surface area contributed by atoms with Crippen molar-refractivity contribution in [2.45, 2.75) is 0 Å². The van der Waals surface area contributed by atoms with Crippen molar-refractivity contribution in [2.75, 3.05) is 0 Å². The number of benzene rings is 2. The minimum Gasteiger partial charge on any atom is -0.507 e. The Hall–Kier alpha value is -3.49. The Morgan fingerprint density at radius 2 is 1.64 bits per heavy atom. The van der Waals surface area contributed by atoms with Crippen molar-refractivity contribution in [1.82, 2.24) is 4.98 Å². The van der Waals surface area contributed by atoms with Crippen LogP contribution in [0.2, 0.25) is 0 Å². The third-order valence-corrected chi connectivity index (χ3v) is 3.00. The van der Waals surface area contributed by atoms with Crippen LogP contribution < -0.4 is 0 Å². The average Bonchev–Trinajstić information content (AvgIpc) is 2.89. The molecule has 0 aliphatic heterocycles. The van der Waals surface area contributed by atoms with Crippen molar-refractivity contribution < 1.29 is 19.4 Å². The fourth-order valence-corrected chi connectivity index (χ4v) is 1.96. The van der Waals surface area contributed by atoms with Gasteiger partial charge in [-0.05, 0) is 12.1 Å². The van der Waals surface area contributed by atoms with Crippen LogP contribution >= 0.6 is 0 Å². The summed E-state index contributed by atoms with van der Waals surface area (Å²) in [5.74, 6) is -0.349. The lowest BCUT2D eigenvalue weighted by atomic mass is 10.2. The predicted molar refractivity (Wildman–Crippen MR) is 74.4 cm³/mol. The van der Waals surface area contributed by atoms with Gasteiger partial charge in [-0.3, -0.25) is 20.2 Å². The molecule has 110 valence electrons. The van der Waals surface area contributed by atoms with Crippen LogP contribution in [-0.2, 0) is 0 Å². The summed E-state index contributed by atoms with van der Waals surface area (Å²) >= 11 is 0.